The van der Waals surface area contributed by atoms with Crippen LogP contribution in [0.5, 0.6) is 11.5 Å². The summed E-state index contributed by atoms with van der Waals surface area (Å²) >= 11 is 0. The molecule has 2 aromatic carbocycles. The van der Waals surface area contributed by atoms with E-state index < -0.39 is 0 Å². The molecule has 3 rings (SSSR count). The lowest BCUT2D eigenvalue weighted by Gasteiger charge is -2.37. The summed E-state index contributed by atoms with van der Waals surface area (Å²) in [5.41, 5.74) is 2.88. The van der Waals surface area contributed by atoms with Crippen LogP contribution >= 0.6 is 0 Å². The molecule has 5 heteroatoms. The van der Waals surface area contributed by atoms with Crippen LogP contribution in [-0.2, 0) is 4.74 Å². The van der Waals surface area contributed by atoms with Crippen molar-refractivity contribution in [2.24, 2.45) is 0 Å². The number of amides is 1. The average molecular weight is 355 g/mol. The van der Waals surface area contributed by atoms with E-state index in [0.717, 1.165) is 5.56 Å². The normalized spacial score (nSPS) is 19.9. The van der Waals surface area contributed by atoms with Crippen LogP contribution in [0.25, 0.3) is 0 Å². The number of carbonyl (C=O) groups is 1. The number of methoxy groups -OCH3 is 2. The van der Waals surface area contributed by atoms with Gasteiger partial charge in [0.05, 0.1) is 26.9 Å². The maximum atomic E-state index is 13.0. The smallest absolute Gasteiger partial charge is 0.254 e. The molecule has 26 heavy (non-hydrogen) atoms. The quantitative estimate of drug-likeness (QED) is 0.841. The van der Waals surface area contributed by atoms with Gasteiger partial charge in [0.15, 0.2) is 11.5 Å². The Morgan fingerprint density at radius 3 is 2.38 bits per heavy atom. The molecule has 5 nitrogen and oxygen atoms in total. The maximum absolute atomic E-state index is 13.0. The van der Waals surface area contributed by atoms with Gasteiger partial charge in [-0.2, -0.15) is 0 Å². The molecule has 0 aliphatic carbocycles. The van der Waals surface area contributed by atoms with Gasteiger partial charge in [0.25, 0.3) is 5.91 Å². The number of hydrogen-bond donors (Lipinski definition) is 0. The molecule has 138 valence electrons. The second-order valence-electron chi connectivity index (χ2n) is 6.63. The van der Waals surface area contributed by atoms with Crippen molar-refractivity contribution >= 4 is 5.91 Å². The average Bonchev–Trinajstić information content (AvgIpc) is 2.66. The number of rotatable bonds is 4. The van der Waals surface area contributed by atoms with Gasteiger partial charge in [-0.1, -0.05) is 29.8 Å². The van der Waals surface area contributed by atoms with Crippen molar-refractivity contribution in [2.75, 3.05) is 27.3 Å². The second-order valence-corrected chi connectivity index (χ2v) is 6.63. The number of carbonyl (C=O) groups excluding carboxylic acids is 1. The fraction of sp³-hybridized carbons (Fsp3) is 0.381. The monoisotopic (exact) mass is 355 g/mol. The molecule has 1 aliphatic heterocycles. The van der Waals surface area contributed by atoms with Gasteiger partial charge in [0, 0.05) is 12.1 Å². The highest BCUT2D eigenvalue weighted by molar-refractivity contribution is 5.95. The Balaban J connectivity index is 1.81. The number of morpholine rings is 1. The standard InChI is InChI=1S/C21H25NO4/c1-14-5-7-16(8-6-14)20-13-22(12-15(2)26-20)21(23)17-9-10-18(24-3)19(11-17)25-4/h5-11,15,20H,12-13H2,1-4H3. The van der Waals surface area contributed by atoms with Crippen molar-refractivity contribution in [3.8, 4) is 11.5 Å². The molecule has 2 unspecified atom stereocenters. The van der Waals surface area contributed by atoms with Crippen LogP contribution in [0.3, 0.4) is 0 Å². The number of benzene rings is 2. The number of nitrogens with zero attached hydrogens (tertiary/aromatic N) is 1. The lowest BCUT2D eigenvalue weighted by molar-refractivity contribution is -0.0691. The van der Waals surface area contributed by atoms with Crippen LogP contribution in [0.2, 0.25) is 0 Å². The predicted molar refractivity (Wildman–Crippen MR) is 99.9 cm³/mol. The first-order chi connectivity index (χ1) is 12.5. The van der Waals surface area contributed by atoms with E-state index in [4.69, 9.17) is 14.2 Å². The molecule has 0 saturated carbocycles. The Kier molecular flexibility index (Phi) is 5.47. The molecule has 0 aromatic heterocycles. The molecule has 1 amide bonds. The van der Waals surface area contributed by atoms with E-state index in [1.165, 1.54) is 5.56 Å². The van der Waals surface area contributed by atoms with Gasteiger partial charge in [-0.25, -0.2) is 0 Å². The van der Waals surface area contributed by atoms with Crippen molar-refractivity contribution in [3.63, 3.8) is 0 Å². The SMILES string of the molecule is COc1ccc(C(=O)N2CC(C)OC(c3ccc(C)cc3)C2)cc1OC. The lowest BCUT2D eigenvalue weighted by Crippen LogP contribution is -2.46. The highest BCUT2D eigenvalue weighted by Gasteiger charge is 2.30. The lowest BCUT2D eigenvalue weighted by atomic mass is 10.0. The molecule has 2 atom stereocenters. The highest BCUT2D eigenvalue weighted by Crippen LogP contribution is 2.30. The van der Waals surface area contributed by atoms with Crippen LogP contribution < -0.4 is 9.47 Å². The van der Waals surface area contributed by atoms with E-state index in [1.807, 2.05) is 11.8 Å². The van der Waals surface area contributed by atoms with Gasteiger partial charge in [-0.15, -0.1) is 0 Å². The topological polar surface area (TPSA) is 48.0 Å². The Bertz CT molecular complexity index is 772. The third-order valence-electron chi connectivity index (χ3n) is 4.63. The zero-order chi connectivity index (χ0) is 18.7. The molecule has 1 heterocycles. The summed E-state index contributed by atoms with van der Waals surface area (Å²) in [6.07, 6.45) is -0.150. The minimum absolute atomic E-state index is 0.0286. The highest BCUT2D eigenvalue weighted by atomic mass is 16.5. The summed E-state index contributed by atoms with van der Waals surface area (Å²) in [5, 5.41) is 0. The Labute approximate surface area is 154 Å². The molecular weight excluding hydrogens is 330 g/mol. The first-order valence-corrected chi connectivity index (χ1v) is 8.75. The zero-order valence-corrected chi connectivity index (χ0v) is 15.7. The van der Waals surface area contributed by atoms with E-state index >= 15 is 0 Å². The number of ether oxygens (including phenoxy) is 3. The molecule has 0 spiro atoms. The summed E-state index contributed by atoms with van der Waals surface area (Å²) in [6.45, 7) is 5.15. The van der Waals surface area contributed by atoms with Crippen LogP contribution in [0.15, 0.2) is 42.5 Å². The predicted octanol–water partition coefficient (Wildman–Crippen LogP) is 3.61. The van der Waals surface area contributed by atoms with E-state index in [9.17, 15) is 4.79 Å². The second kappa shape index (κ2) is 7.79. The number of aryl methyl sites for hydroxylation is 1. The third kappa shape index (κ3) is 3.83. The summed E-state index contributed by atoms with van der Waals surface area (Å²) in [5.74, 6) is 1.13. The molecule has 0 N–H and O–H groups in total. The summed E-state index contributed by atoms with van der Waals surface area (Å²) in [4.78, 5) is 14.9. The van der Waals surface area contributed by atoms with Crippen LogP contribution in [0.4, 0.5) is 0 Å². The molecule has 1 saturated heterocycles. The van der Waals surface area contributed by atoms with Gasteiger partial charge >= 0.3 is 0 Å². The van der Waals surface area contributed by atoms with Gasteiger partial charge in [-0.05, 0) is 37.6 Å². The maximum Gasteiger partial charge on any atom is 0.254 e. The van der Waals surface area contributed by atoms with E-state index in [1.54, 1.807) is 32.4 Å². The van der Waals surface area contributed by atoms with Gasteiger partial charge in [0.2, 0.25) is 0 Å². The van der Waals surface area contributed by atoms with Crippen molar-refractivity contribution in [1.82, 2.24) is 4.90 Å². The molecule has 1 fully saturated rings. The molecular formula is C21H25NO4. The van der Waals surface area contributed by atoms with Crippen molar-refractivity contribution < 1.29 is 19.0 Å². The first-order valence-electron chi connectivity index (χ1n) is 8.75. The van der Waals surface area contributed by atoms with Crippen LogP contribution in [0.1, 0.15) is 34.5 Å². The van der Waals surface area contributed by atoms with Crippen molar-refractivity contribution in [1.29, 1.82) is 0 Å². The summed E-state index contributed by atoms with van der Waals surface area (Å²) in [6, 6.07) is 13.5. The zero-order valence-electron chi connectivity index (χ0n) is 15.7. The van der Waals surface area contributed by atoms with E-state index in [0.29, 0.717) is 30.2 Å². The Morgan fingerprint density at radius 1 is 1.04 bits per heavy atom. The minimum Gasteiger partial charge on any atom is -0.493 e. The fourth-order valence-electron chi connectivity index (χ4n) is 3.23. The molecule has 2 aromatic rings. The summed E-state index contributed by atoms with van der Waals surface area (Å²) < 4.78 is 16.6. The molecule has 0 radical (unpaired) electrons. The largest absolute Gasteiger partial charge is 0.493 e. The van der Waals surface area contributed by atoms with Crippen molar-refractivity contribution in [3.05, 3.63) is 59.2 Å². The molecule has 0 bridgehead atoms. The number of hydrogen-bond acceptors (Lipinski definition) is 4. The van der Waals surface area contributed by atoms with E-state index in [-0.39, 0.29) is 18.1 Å². The molecule has 1 aliphatic rings. The van der Waals surface area contributed by atoms with Crippen LogP contribution in [0, 0.1) is 6.92 Å². The van der Waals surface area contributed by atoms with Gasteiger partial charge in [0.1, 0.15) is 6.10 Å². The van der Waals surface area contributed by atoms with E-state index in [2.05, 4.69) is 31.2 Å². The van der Waals surface area contributed by atoms with Crippen LogP contribution in [-0.4, -0.2) is 44.2 Å². The van der Waals surface area contributed by atoms with Gasteiger partial charge < -0.3 is 19.1 Å². The van der Waals surface area contributed by atoms with Crippen molar-refractivity contribution in [2.45, 2.75) is 26.1 Å². The Morgan fingerprint density at radius 2 is 1.73 bits per heavy atom. The summed E-state index contributed by atoms with van der Waals surface area (Å²) in [7, 11) is 3.14. The minimum atomic E-state index is -0.122. The first kappa shape index (κ1) is 18.3. The van der Waals surface area contributed by atoms with Gasteiger partial charge in [-0.3, -0.25) is 4.79 Å². The third-order valence-corrected chi connectivity index (χ3v) is 4.63. The Hall–Kier alpha value is -2.53. The fourth-order valence-corrected chi connectivity index (χ4v) is 3.23.